The Morgan fingerprint density at radius 1 is 0.944 bits per heavy atom. The summed E-state index contributed by atoms with van der Waals surface area (Å²) in [5.74, 6) is 0. The summed E-state index contributed by atoms with van der Waals surface area (Å²) in [6.45, 7) is 6.24. The summed E-state index contributed by atoms with van der Waals surface area (Å²) in [4.78, 5) is 0. The van der Waals surface area contributed by atoms with Crippen molar-refractivity contribution in [2.75, 3.05) is 11.1 Å². The van der Waals surface area contributed by atoms with E-state index in [9.17, 15) is 0 Å². The van der Waals surface area contributed by atoms with Gasteiger partial charge in [0.25, 0.3) is 0 Å². The maximum absolute atomic E-state index is 5.87. The molecule has 0 radical (unpaired) electrons. The van der Waals surface area contributed by atoms with Crippen molar-refractivity contribution in [2.24, 2.45) is 0 Å². The van der Waals surface area contributed by atoms with Crippen LogP contribution in [-0.4, -0.2) is 0 Å². The Hall–Kier alpha value is -1.48. The number of nitrogens with one attached hydrogen (secondary N) is 1. The highest BCUT2D eigenvalue weighted by Crippen LogP contribution is 2.29. The number of rotatable bonds is 2. The van der Waals surface area contributed by atoms with Crippen LogP contribution in [0.3, 0.4) is 0 Å². The van der Waals surface area contributed by atoms with Crippen LogP contribution in [0.1, 0.15) is 16.7 Å². The van der Waals surface area contributed by atoms with Gasteiger partial charge in [0, 0.05) is 21.5 Å². The lowest BCUT2D eigenvalue weighted by Crippen LogP contribution is -1.98. The average Bonchev–Trinajstić information content (AvgIpc) is 2.22. The normalized spacial score (nSPS) is 10.4. The minimum Gasteiger partial charge on any atom is -0.399 e. The molecule has 3 heteroatoms. The molecule has 3 N–H and O–H groups in total. The molecule has 94 valence electrons. The molecule has 0 heterocycles. The van der Waals surface area contributed by atoms with E-state index in [4.69, 9.17) is 5.73 Å². The second kappa shape index (κ2) is 5.02. The average molecular weight is 305 g/mol. The molecule has 0 saturated heterocycles. The van der Waals surface area contributed by atoms with Crippen LogP contribution in [-0.2, 0) is 0 Å². The summed E-state index contributed by atoms with van der Waals surface area (Å²) in [5, 5.41) is 3.45. The maximum Gasteiger partial charge on any atom is 0.0444 e. The number of aryl methyl sites for hydroxylation is 3. The van der Waals surface area contributed by atoms with Crippen molar-refractivity contribution in [1.82, 2.24) is 0 Å². The maximum atomic E-state index is 5.87. The first-order valence-electron chi connectivity index (χ1n) is 5.86. The first-order chi connectivity index (χ1) is 8.45. The van der Waals surface area contributed by atoms with Gasteiger partial charge in [-0.25, -0.2) is 0 Å². The molecule has 0 aliphatic rings. The van der Waals surface area contributed by atoms with Crippen molar-refractivity contribution < 1.29 is 0 Å². The number of hydrogen-bond acceptors (Lipinski definition) is 2. The molecule has 0 atom stereocenters. The fourth-order valence-electron chi connectivity index (χ4n) is 2.14. The first-order valence-corrected chi connectivity index (χ1v) is 6.66. The van der Waals surface area contributed by atoms with Gasteiger partial charge in [-0.2, -0.15) is 0 Å². The minimum atomic E-state index is 0.782. The minimum absolute atomic E-state index is 0.782. The molecule has 0 saturated carbocycles. The molecule has 2 rings (SSSR count). The van der Waals surface area contributed by atoms with Gasteiger partial charge in [0.2, 0.25) is 0 Å². The van der Waals surface area contributed by atoms with E-state index in [0.29, 0.717) is 0 Å². The molecule has 0 fully saturated rings. The van der Waals surface area contributed by atoms with Crippen LogP contribution in [0.5, 0.6) is 0 Å². The van der Waals surface area contributed by atoms with Gasteiger partial charge in [-0.3, -0.25) is 0 Å². The highest BCUT2D eigenvalue weighted by molar-refractivity contribution is 9.10. The molecule has 18 heavy (non-hydrogen) atoms. The lowest BCUT2D eigenvalue weighted by Gasteiger charge is -2.14. The molecular weight excluding hydrogens is 288 g/mol. The number of nitrogen functional groups attached to an aromatic ring is 1. The fraction of sp³-hybridized carbons (Fsp3) is 0.200. The van der Waals surface area contributed by atoms with Crippen molar-refractivity contribution in [3.63, 3.8) is 0 Å². The Balaban J connectivity index is 2.40. The number of anilines is 3. The molecular formula is C15H17BrN2. The Bertz CT molecular complexity index is 548. The SMILES string of the molecule is Cc1cc(N)cc(Nc2c(C)cc(Br)cc2C)c1. The van der Waals surface area contributed by atoms with E-state index in [0.717, 1.165) is 27.1 Å². The predicted octanol–water partition coefficient (Wildman–Crippen LogP) is 4.70. The van der Waals surface area contributed by atoms with Gasteiger partial charge in [0.05, 0.1) is 0 Å². The summed E-state index contributed by atoms with van der Waals surface area (Å²) < 4.78 is 1.10. The Morgan fingerprint density at radius 3 is 2.11 bits per heavy atom. The quantitative estimate of drug-likeness (QED) is 0.789. The summed E-state index contributed by atoms with van der Waals surface area (Å²) in [5.41, 5.74) is 12.4. The van der Waals surface area contributed by atoms with Crippen molar-refractivity contribution in [3.8, 4) is 0 Å². The van der Waals surface area contributed by atoms with Crippen molar-refractivity contribution in [1.29, 1.82) is 0 Å². The van der Waals surface area contributed by atoms with E-state index in [2.05, 4.69) is 53.3 Å². The molecule has 0 aromatic heterocycles. The van der Waals surface area contributed by atoms with Crippen molar-refractivity contribution in [3.05, 3.63) is 51.5 Å². The third-order valence-corrected chi connectivity index (χ3v) is 3.32. The topological polar surface area (TPSA) is 38.0 Å². The highest BCUT2D eigenvalue weighted by atomic mass is 79.9. The molecule has 2 nitrogen and oxygen atoms in total. The predicted molar refractivity (Wildman–Crippen MR) is 82.5 cm³/mol. The number of halogens is 1. The lowest BCUT2D eigenvalue weighted by molar-refractivity contribution is 1.34. The third kappa shape index (κ3) is 2.85. The summed E-state index contributed by atoms with van der Waals surface area (Å²) in [6.07, 6.45) is 0. The second-order valence-corrected chi connectivity index (χ2v) is 5.59. The molecule has 0 aliphatic carbocycles. The van der Waals surface area contributed by atoms with E-state index in [1.807, 2.05) is 19.1 Å². The number of hydrogen-bond donors (Lipinski definition) is 2. The molecule has 0 bridgehead atoms. The third-order valence-electron chi connectivity index (χ3n) is 2.87. The molecule has 2 aromatic rings. The van der Waals surface area contributed by atoms with Crippen LogP contribution in [0, 0.1) is 20.8 Å². The van der Waals surface area contributed by atoms with Gasteiger partial charge in [-0.1, -0.05) is 15.9 Å². The van der Waals surface area contributed by atoms with Crippen LogP contribution in [0.2, 0.25) is 0 Å². The number of nitrogens with two attached hydrogens (primary N) is 1. The van der Waals surface area contributed by atoms with E-state index in [1.165, 1.54) is 11.1 Å². The zero-order valence-electron chi connectivity index (χ0n) is 10.8. The summed E-state index contributed by atoms with van der Waals surface area (Å²) in [7, 11) is 0. The summed E-state index contributed by atoms with van der Waals surface area (Å²) in [6, 6.07) is 10.2. The molecule has 0 spiro atoms. The fourth-order valence-corrected chi connectivity index (χ4v) is 2.82. The van der Waals surface area contributed by atoms with Crippen LogP contribution in [0.4, 0.5) is 17.1 Å². The van der Waals surface area contributed by atoms with Crippen molar-refractivity contribution >= 4 is 33.0 Å². The van der Waals surface area contributed by atoms with Crippen LogP contribution >= 0.6 is 15.9 Å². The van der Waals surface area contributed by atoms with E-state index in [-0.39, 0.29) is 0 Å². The molecule has 0 amide bonds. The van der Waals surface area contributed by atoms with Crippen LogP contribution in [0.15, 0.2) is 34.8 Å². The zero-order valence-corrected chi connectivity index (χ0v) is 12.4. The van der Waals surface area contributed by atoms with E-state index in [1.54, 1.807) is 0 Å². The second-order valence-electron chi connectivity index (χ2n) is 4.67. The smallest absolute Gasteiger partial charge is 0.0444 e. The number of benzene rings is 2. The Labute approximate surface area is 116 Å². The zero-order chi connectivity index (χ0) is 13.3. The van der Waals surface area contributed by atoms with Gasteiger partial charge in [0.1, 0.15) is 0 Å². The van der Waals surface area contributed by atoms with Gasteiger partial charge in [-0.15, -0.1) is 0 Å². The lowest BCUT2D eigenvalue weighted by atomic mass is 10.1. The molecule has 0 unspecified atom stereocenters. The van der Waals surface area contributed by atoms with Gasteiger partial charge < -0.3 is 11.1 Å². The van der Waals surface area contributed by atoms with Crippen LogP contribution in [0.25, 0.3) is 0 Å². The Morgan fingerprint density at radius 2 is 1.56 bits per heavy atom. The largest absolute Gasteiger partial charge is 0.399 e. The standard InChI is InChI=1S/C15H17BrN2/c1-9-4-13(17)8-14(5-9)18-15-10(2)6-12(16)7-11(15)3/h4-8,18H,17H2,1-3H3. The van der Waals surface area contributed by atoms with Crippen LogP contribution < -0.4 is 11.1 Å². The van der Waals surface area contributed by atoms with E-state index < -0.39 is 0 Å². The molecule has 2 aromatic carbocycles. The first kappa shape index (κ1) is 13.0. The van der Waals surface area contributed by atoms with Crippen molar-refractivity contribution in [2.45, 2.75) is 20.8 Å². The van der Waals surface area contributed by atoms with Gasteiger partial charge in [-0.05, 0) is 67.8 Å². The molecule has 0 aliphatic heterocycles. The monoisotopic (exact) mass is 304 g/mol. The van der Waals surface area contributed by atoms with Gasteiger partial charge in [0.15, 0.2) is 0 Å². The Kier molecular flexibility index (Phi) is 3.62. The van der Waals surface area contributed by atoms with E-state index >= 15 is 0 Å². The summed E-state index contributed by atoms with van der Waals surface area (Å²) >= 11 is 3.51. The van der Waals surface area contributed by atoms with Gasteiger partial charge >= 0.3 is 0 Å². The highest BCUT2D eigenvalue weighted by Gasteiger charge is 2.05.